The maximum atomic E-state index is 12.6. The summed E-state index contributed by atoms with van der Waals surface area (Å²) in [6.07, 6.45) is 1.88. The van der Waals surface area contributed by atoms with Gasteiger partial charge in [-0.1, -0.05) is 32.8 Å². The lowest BCUT2D eigenvalue weighted by Crippen LogP contribution is -2.38. The van der Waals surface area contributed by atoms with Crippen molar-refractivity contribution in [3.05, 3.63) is 28.8 Å². The standard InChI is InChI=1S/C16H27NO3S/c1-6-15(7-2)13(5)17-21(19,20)16-9-14(10-18)8-11(3)12(16)4/h8-9,13,15,17-18H,6-7,10H2,1-5H3. The summed E-state index contributed by atoms with van der Waals surface area (Å²) in [5.41, 5.74) is 2.22. The number of rotatable bonds is 7. The predicted molar refractivity (Wildman–Crippen MR) is 85.7 cm³/mol. The van der Waals surface area contributed by atoms with Gasteiger partial charge in [0.15, 0.2) is 0 Å². The van der Waals surface area contributed by atoms with Gasteiger partial charge in [0.25, 0.3) is 0 Å². The quantitative estimate of drug-likeness (QED) is 0.813. The molecule has 0 bridgehead atoms. The Morgan fingerprint density at radius 3 is 2.24 bits per heavy atom. The Labute approximate surface area is 128 Å². The van der Waals surface area contributed by atoms with Crippen molar-refractivity contribution < 1.29 is 13.5 Å². The predicted octanol–water partition coefficient (Wildman–Crippen LogP) is 2.90. The van der Waals surface area contributed by atoms with Crippen molar-refractivity contribution in [2.75, 3.05) is 0 Å². The van der Waals surface area contributed by atoms with E-state index in [0.717, 1.165) is 24.0 Å². The minimum atomic E-state index is -3.57. The molecule has 120 valence electrons. The zero-order chi connectivity index (χ0) is 16.2. The van der Waals surface area contributed by atoms with Gasteiger partial charge in [-0.3, -0.25) is 0 Å². The molecule has 0 aromatic heterocycles. The monoisotopic (exact) mass is 313 g/mol. The molecule has 0 aliphatic heterocycles. The number of aryl methyl sites for hydroxylation is 1. The van der Waals surface area contributed by atoms with Gasteiger partial charge in [-0.25, -0.2) is 13.1 Å². The molecule has 1 rings (SSSR count). The van der Waals surface area contributed by atoms with Crippen LogP contribution < -0.4 is 4.72 Å². The first-order valence-corrected chi connectivity index (χ1v) is 8.98. The second-order valence-corrected chi connectivity index (χ2v) is 7.36. The van der Waals surface area contributed by atoms with Crippen LogP contribution in [-0.4, -0.2) is 19.6 Å². The number of sulfonamides is 1. The lowest BCUT2D eigenvalue weighted by molar-refractivity contribution is 0.281. The lowest BCUT2D eigenvalue weighted by atomic mass is 9.96. The van der Waals surface area contributed by atoms with Crippen LogP contribution in [0.3, 0.4) is 0 Å². The zero-order valence-electron chi connectivity index (χ0n) is 13.6. The minimum absolute atomic E-state index is 0.109. The fourth-order valence-electron chi connectivity index (χ4n) is 2.67. The van der Waals surface area contributed by atoms with Gasteiger partial charge in [-0.15, -0.1) is 0 Å². The van der Waals surface area contributed by atoms with E-state index in [1.165, 1.54) is 0 Å². The van der Waals surface area contributed by atoms with Crippen molar-refractivity contribution >= 4 is 10.0 Å². The summed E-state index contributed by atoms with van der Waals surface area (Å²) in [6, 6.07) is 3.27. The highest BCUT2D eigenvalue weighted by molar-refractivity contribution is 7.89. The fraction of sp³-hybridized carbons (Fsp3) is 0.625. The molecule has 2 N–H and O–H groups in total. The topological polar surface area (TPSA) is 66.4 Å². The summed E-state index contributed by atoms with van der Waals surface area (Å²) in [5, 5.41) is 9.27. The van der Waals surface area contributed by atoms with Crippen LogP contribution in [0.15, 0.2) is 17.0 Å². The molecule has 0 amide bonds. The van der Waals surface area contributed by atoms with E-state index in [2.05, 4.69) is 18.6 Å². The molecule has 5 heteroatoms. The van der Waals surface area contributed by atoms with Crippen molar-refractivity contribution in [2.24, 2.45) is 5.92 Å². The second kappa shape index (κ2) is 7.38. The number of hydrogen-bond acceptors (Lipinski definition) is 3. The van der Waals surface area contributed by atoms with E-state index in [-0.39, 0.29) is 17.5 Å². The molecule has 1 atom stereocenters. The van der Waals surface area contributed by atoms with E-state index in [9.17, 15) is 13.5 Å². The van der Waals surface area contributed by atoms with E-state index < -0.39 is 10.0 Å². The third-order valence-electron chi connectivity index (χ3n) is 4.25. The third kappa shape index (κ3) is 4.28. The van der Waals surface area contributed by atoms with E-state index in [4.69, 9.17) is 0 Å². The van der Waals surface area contributed by atoms with Crippen LogP contribution >= 0.6 is 0 Å². The van der Waals surface area contributed by atoms with Crippen LogP contribution in [0, 0.1) is 19.8 Å². The first kappa shape index (κ1) is 18.1. The Morgan fingerprint density at radius 1 is 1.19 bits per heavy atom. The number of benzene rings is 1. The van der Waals surface area contributed by atoms with Gasteiger partial charge in [0, 0.05) is 6.04 Å². The first-order chi connectivity index (χ1) is 9.76. The number of nitrogens with one attached hydrogen (secondary N) is 1. The molecule has 1 aromatic carbocycles. The normalized spacial score (nSPS) is 13.7. The first-order valence-electron chi connectivity index (χ1n) is 7.50. The molecule has 0 saturated heterocycles. The Morgan fingerprint density at radius 2 is 1.76 bits per heavy atom. The van der Waals surface area contributed by atoms with Crippen LogP contribution in [0.25, 0.3) is 0 Å². The summed E-state index contributed by atoms with van der Waals surface area (Å²) in [6.45, 7) is 9.55. The van der Waals surface area contributed by atoms with Gasteiger partial charge in [0.05, 0.1) is 11.5 Å². The van der Waals surface area contributed by atoms with E-state index in [0.29, 0.717) is 11.5 Å². The zero-order valence-corrected chi connectivity index (χ0v) is 14.4. The van der Waals surface area contributed by atoms with Gasteiger partial charge in [0.1, 0.15) is 0 Å². The van der Waals surface area contributed by atoms with Crippen LogP contribution in [0.2, 0.25) is 0 Å². The van der Waals surface area contributed by atoms with Gasteiger partial charge < -0.3 is 5.11 Å². The molecule has 1 unspecified atom stereocenters. The van der Waals surface area contributed by atoms with Gasteiger partial charge in [0.2, 0.25) is 10.0 Å². The van der Waals surface area contributed by atoms with Crippen molar-refractivity contribution in [1.29, 1.82) is 0 Å². The summed E-state index contributed by atoms with van der Waals surface area (Å²) in [4.78, 5) is 0.268. The van der Waals surface area contributed by atoms with Gasteiger partial charge in [-0.05, 0) is 49.4 Å². The molecule has 0 heterocycles. The molecule has 0 fully saturated rings. The molecule has 0 saturated carbocycles. The molecule has 0 spiro atoms. The lowest BCUT2D eigenvalue weighted by Gasteiger charge is -2.23. The molecule has 21 heavy (non-hydrogen) atoms. The highest BCUT2D eigenvalue weighted by Gasteiger charge is 2.24. The summed E-state index contributed by atoms with van der Waals surface area (Å²) in [7, 11) is -3.57. The molecular weight excluding hydrogens is 286 g/mol. The fourth-order valence-corrected chi connectivity index (χ4v) is 4.35. The van der Waals surface area contributed by atoms with Crippen molar-refractivity contribution in [1.82, 2.24) is 4.72 Å². The summed E-state index contributed by atoms with van der Waals surface area (Å²) in [5.74, 6) is 0.321. The smallest absolute Gasteiger partial charge is 0.241 e. The van der Waals surface area contributed by atoms with Crippen LogP contribution in [0.1, 0.15) is 50.3 Å². The number of aliphatic hydroxyl groups excluding tert-OH is 1. The van der Waals surface area contributed by atoms with E-state index >= 15 is 0 Å². The summed E-state index contributed by atoms with van der Waals surface area (Å²) < 4.78 is 28.0. The minimum Gasteiger partial charge on any atom is -0.392 e. The summed E-state index contributed by atoms with van der Waals surface area (Å²) >= 11 is 0. The second-order valence-electron chi connectivity index (χ2n) is 5.68. The van der Waals surface area contributed by atoms with E-state index in [1.807, 2.05) is 19.9 Å². The van der Waals surface area contributed by atoms with Crippen LogP contribution in [0.4, 0.5) is 0 Å². The Kier molecular flexibility index (Phi) is 6.38. The Hall–Kier alpha value is -0.910. The maximum Gasteiger partial charge on any atom is 0.241 e. The van der Waals surface area contributed by atoms with Crippen molar-refractivity contribution in [3.63, 3.8) is 0 Å². The maximum absolute atomic E-state index is 12.6. The van der Waals surface area contributed by atoms with Crippen LogP contribution in [-0.2, 0) is 16.6 Å². The van der Waals surface area contributed by atoms with Gasteiger partial charge in [-0.2, -0.15) is 0 Å². The molecular formula is C16H27NO3S. The number of hydrogen-bond donors (Lipinski definition) is 2. The SMILES string of the molecule is CCC(CC)C(C)NS(=O)(=O)c1cc(CO)cc(C)c1C. The highest BCUT2D eigenvalue weighted by Crippen LogP contribution is 2.23. The molecule has 0 aliphatic rings. The molecule has 0 aliphatic carbocycles. The van der Waals surface area contributed by atoms with Gasteiger partial charge >= 0.3 is 0 Å². The third-order valence-corrected chi connectivity index (χ3v) is 5.93. The Balaban J connectivity index is 3.16. The molecule has 1 aromatic rings. The highest BCUT2D eigenvalue weighted by atomic mass is 32.2. The average Bonchev–Trinajstić information content (AvgIpc) is 2.42. The average molecular weight is 313 g/mol. The van der Waals surface area contributed by atoms with Crippen molar-refractivity contribution in [3.8, 4) is 0 Å². The Bertz CT molecular complexity index is 577. The number of aliphatic hydroxyl groups is 1. The molecule has 0 radical (unpaired) electrons. The molecule has 4 nitrogen and oxygen atoms in total. The van der Waals surface area contributed by atoms with Crippen LogP contribution in [0.5, 0.6) is 0 Å². The largest absolute Gasteiger partial charge is 0.392 e. The van der Waals surface area contributed by atoms with Crippen molar-refractivity contribution in [2.45, 2.75) is 65.0 Å². The van der Waals surface area contributed by atoms with E-state index in [1.54, 1.807) is 13.0 Å².